The van der Waals surface area contributed by atoms with Crippen LogP contribution in [0.1, 0.15) is 15.4 Å². The highest BCUT2D eigenvalue weighted by Crippen LogP contribution is 2.20. The second-order valence-corrected chi connectivity index (χ2v) is 8.11. The van der Waals surface area contributed by atoms with Crippen LogP contribution in [-0.2, 0) is 6.54 Å². The van der Waals surface area contributed by atoms with Gasteiger partial charge in [-0.1, -0.05) is 35.9 Å². The summed E-state index contributed by atoms with van der Waals surface area (Å²) < 4.78 is 0.839. The van der Waals surface area contributed by atoms with Crippen LogP contribution in [0.3, 0.4) is 0 Å². The smallest absolute Gasteiger partial charge is 0.272 e. The Morgan fingerprint density at radius 2 is 1.92 bits per heavy atom. The number of amides is 1. The molecule has 1 N–H and O–H groups in total. The number of benzene rings is 1. The largest absolute Gasteiger partial charge is 0.328 e. The predicted octanol–water partition coefficient (Wildman–Crippen LogP) is 2.49. The molecule has 0 atom stereocenters. The highest BCUT2D eigenvalue weighted by atomic mass is 35.5. The summed E-state index contributed by atoms with van der Waals surface area (Å²) in [5.74, 6) is 0.0315. The number of para-hydroxylation sites is 1. The van der Waals surface area contributed by atoms with Gasteiger partial charge in [-0.15, -0.1) is 11.3 Å². The first-order valence-electron chi connectivity index (χ1n) is 8.42. The molecule has 1 saturated heterocycles. The van der Waals surface area contributed by atoms with Gasteiger partial charge in [-0.05, 0) is 24.3 Å². The van der Waals surface area contributed by atoms with Gasteiger partial charge in [0.2, 0.25) is 0 Å². The van der Waals surface area contributed by atoms with Gasteiger partial charge in [0, 0.05) is 5.39 Å². The van der Waals surface area contributed by atoms with Gasteiger partial charge in [0.05, 0.1) is 40.9 Å². The van der Waals surface area contributed by atoms with Crippen LogP contribution in [0, 0.1) is 0 Å². The zero-order valence-corrected chi connectivity index (χ0v) is 15.3. The Kier molecular flexibility index (Phi) is 4.70. The van der Waals surface area contributed by atoms with Gasteiger partial charge in [0.15, 0.2) is 0 Å². The van der Waals surface area contributed by atoms with Crippen molar-refractivity contribution >= 4 is 39.7 Å². The summed E-state index contributed by atoms with van der Waals surface area (Å²) in [4.78, 5) is 22.0. The zero-order chi connectivity index (χ0) is 17.2. The van der Waals surface area contributed by atoms with Crippen molar-refractivity contribution in [3.8, 4) is 0 Å². The minimum absolute atomic E-state index is 0.0315. The fourth-order valence-corrected chi connectivity index (χ4v) is 4.40. The molecule has 25 heavy (non-hydrogen) atoms. The number of hydrogen-bond donors (Lipinski definition) is 1. The van der Waals surface area contributed by atoms with E-state index in [1.165, 1.54) is 9.78 Å². The van der Waals surface area contributed by atoms with Crippen LogP contribution in [0.5, 0.6) is 0 Å². The van der Waals surface area contributed by atoms with Crippen LogP contribution in [0.4, 0.5) is 0 Å². The molecular weight excluding hydrogens is 354 g/mol. The third-order valence-electron chi connectivity index (χ3n) is 4.63. The highest BCUT2D eigenvalue weighted by molar-refractivity contribution is 7.16. The van der Waals surface area contributed by atoms with Crippen LogP contribution in [0.25, 0.3) is 10.9 Å². The van der Waals surface area contributed by atoms with Gasteiger partial charge in [0.1, 0.15) is 12.2 Å². The number of rotatable bonds is 3. The number of thiophene rings is 1. The molecule has 0 unspecified atom stereocenters. The van der Waals surface area contributed by atoms with E-state index in [4.69, 9.17) is 11.6 Å². The number of hydrogen-bond acceptors (Lipinski definition) is 3. The molecule has 0 bridgehead atoms. The summed E-state index contributed by atoms with van der Waals surface area (Å²) in [6.07, 6.45) is 0. The van der Waals surface area contributed by atoms with Crippen LogP contribution in [0.2, 0.25) is 4.34 Å². The first kappa shape index (κ1) is 16.5. The summed E-state index contributed by atoms with van der Waals surface area (Å²) in [6.45, 7) is 4.42. The normalized spacial score (nSPS) is 15.6. The molecule has 3 heterocycles. The van der Waals surface area contributed by atoms with E-state index in [2.05, 4.69) is 11.1 Å². The van der Waals surface area contributed by atoms with E-state index in [0.29, 0.717) is 5.69 Å². The molecule has 4 nitrogen and oxygen atoms in total. The van der Waals surface area contributed by atoms with E-state index in [1.807, 2.05) is 47.4 Å². The van der Waals surface area contributed by atoms with Crippen molar-refractivity contribution in [1.82, 2.24) is 9.88 Å². The average Bonchev–Trinajstić information content (AvgIpc) is 3.06. The maximum atomic E-state index is 12.8. The Labute approximate surface area is 155 Å². The van der Waals surface area contributed by atoms with Gasteiger partial charge in [0.25, 0.3) is 5.91 Å². The fourth-order valence-electron chi connectivity index (χ4n) is 3.24. The van der Waals surface area contributed by atoms with Crippen molar-refractivity contribution in [1.29, 1.82) is 0 Å². The Morgan fingerprint density at radius 1 is 1.12 bits per heavy atom. The van der Waals surface area contributed by atoms with E-state index < -0.39 is 0 Å². The third kappa shape index (κ3) is 3.68. The van der Waals surface area contributed by atoms with Crippen molar-refractivity contribution in [2.45, 2.75) is 6.54 Å². The number of nitrogens with one attached hydrogen (secondary N) is 1. The molecule has 128 valence electrons. The summed E-state index contributed by atoms with van der Waals surface area (Å²) in [5.41, 5.74) is 1.40. The Bertz CT molecular complexity index is 902. The lowest BCUT2D eigenvalue weighted by Gasteiger charge is -2.31. The van der Waals surface area contributed by atoms with Gasteiger partial charge >= 0.3 is 0 Å². The number of quaternary nitrogens is 1. The van der Waals surface area contributed by atoms with Gasteiger partial charge in [-0.2, -0.15) is 0 Å². The molecule has 0 aliphatic carbocycles. The monoisotopic (exact) mass is 372 g/mol. The number of pyridine rings is 1. The number of fused-ring (bicyclic) bond motifs is 1. The third-order valence-corrected chi connectivity index (χ3v) is 5.86. The first-order valence-corrected chi connectivity index (χ1v) is 9.61. The van der Waals surface area contributed by atoms with E-state index in [0.717, 1.165) is 48.0 Å². The molecule has 1 fully saturated rings. The van der Waals surface area contributed by atoms with E-state index in [9.17, 15) is 4.79 Å². The number of carbonyl (C=O) groups excluding carboxylic acids is 1. The van der Waals surface area contributed by atoms with Crippen LogP contribution in [0.15, 0.2) is 48.5 Å². The second kappa shape index (κ2) is 7.12. The van der Waals surface area contributed by atoms with Crippen molar-refractivity contribution in [2.75, 3.05) is 26.2 Å². The number of halogens is 1. The number of carbonyl (C=O) groups is 1. The van der Waals surface area contributed by atoms with Crippen molar-refractivity contribution in [3.05, 3.63) is 63.4 Å². The van der Waals surface area contributed by atoms with Crippen molar-refractivity contribution in [3.63, 3.8) is 0 Å². The molecule has 3 aromatic rings. The Morgan fingerprint density at radius 3 is 2.68 bits per heavy atom. The summed E-state index contributed by atoms with van der Waals surface area (Å²) in [7, 11) is 0. The molecule has 6 heteroatoms. The first-order chi connectivity index (χ1) is 12.2. The summed E-state index contributed by atoms with van der Waals surface area (Å²) in [6, 6.07) is 15.7. The lowest BCUT2D eigenvalue weighted by molar-refractivity contribution is -0.917. The molecule has 4 rings (SSSR count). The highest BCUT2D eigenvalue weighted by Gasteiger charge is 2.25. The second-order valence-electron chi connectivity index (χ2n) is 6.31. The molecule has 0 spiro atoms. The van der Waals surface area contributed by atoms with Gasteiger partial charge in [-0.3, -0.25) is 4.79 Å². The molecule has 1 aromatic carbocycles. The molecule has 0 saturated carbocycles. The molecular formula is C19H19ClN3OS+. The number of nitrogens with zero attached hydrogens (tertiary/aromatic N) is 2. The Hall–Kier alpha value is -1.95. The minimum Gasteiger partial charge on any atom is -0.328 e. The number of piperazine rings is 1. The van der Waals surface area contributed by atoms with Crippen LogP contribution < -0.4 is 4.90 Å². The van der Waals surface area contributed by atoms with Crippen molar-refractivity contribution in [2.24, 2.45) is 0 Å². The van der Waals surface area contributed by atoms with Crippen LogP contribution in [-0.4, -0.2) is 42.0 Å². The lowest BCUT2D eigenvalue weighted by atomic mass is 10.2. The van der Waals surface area contributed by atoms with E-state index in [1.54, 1.807) is 11.3 Å². The standard InChI is InChI=1S/C19H18ClN3OS/c20-18-8-6-15(25-18)13-22-9-11-23(12-10-22)19(24)17-7-5-14-3-1-2-4-16(14)21-17/h1-8H,9-13H2/p+1. The SMILES string of the molecule is O=C(c1ccc2ccccc2n1)N1CC[NH+](Cc2ccc(Cl)s2)CC1. The maximum absolute atomic E-state index is 12.8. The topological polar surface area (TPSA) is 37.6 Å². The Balaban J connectivity index is 1.40. The molecule has 1 aliphatic heterocycles. The van der Waals surface area contributed by atoms with E-state index in [-0.39, 0.29) is 5.91 Å². The predicted molar refractivity (Wildman–Crippen MR) is 101 cm³/mol. The zero-order valence-electron chi connectivity index (χ0n) is 13.7. The lowest BCUT2D eigenvalue weighted by Crippen LogP contribution is -3.13. The van der Waals surface area contributed by atoms with Gasteiger partial charge in [-0.25, -0.2) is 4.98 Å². The fraction of sp³-hybridized carbons (Fsp3) is 0.263. The molecule has 1 amide bonds. The summed E-state index contributed by atoms with van der Waals surface area (Å²) >= 11 is 7.64. The van der Waals surface area contributed by atoms with Crippen LogP contribution >= 0.6 is 22.9 Å². The minimum atomic E-state index is 0.0315. The number of aromatic nitrogens is 1. The summed E-state index contributed by atoms with van der Waals surface area (Å²) in [5, 5.41) is 1.06. The van der Waals surface area contributed by atoms with E-state index >= 15 is 0 Å². The quantitative estimate of drug-likeness (QED) is 0.767. The average molecular weight is 373 g/mol. The molecule has 1 aliphatic rings. The molecule has 2 aromatic heterocycles. The maximum Gasteiger partial charge on any atom is 0.272 e. The molecule has 0 radical (unpaired) electrons. The van der Waals surface area contributed by atoms with Gasteiger partial charge < -0.3 is 9.80 Å². The van der Waals surface area contributed by atoms with Crippen molar-refractivity contribution < 1.29 is 9.69 Å².